The van der Waals surface area contributed by atoms with Crippen LogP contribution in [0.15, 0.2) is 78.9 Å². The van der Waals surface area contributed by atoms with Crippen molar-refractivity contribution < 1.29 is 14.4 Å². The maximum Gasteiger partial charge on any atom is 0.257 e. The minimum Gasteiger partial charge on any atom is -0.325 e. The first kappa shape index (κ1) is 21.8. The minimum atomic E-state index is -0.878. The molecule has 0 aromatic heterocycles. The number of carbonyl (C=O) groups excluding carboxylic acids is 3. The van der Waals surface area contributed by atoms with Crippen molar-refractivity contribution in [3.63, 3.8) is 0 Å². The third-order valence-corrected chi connectivity index (χ3v) is 5.98. The predicted molar refractivity (Wildman–Crippen MR) is 124 cm³/mol. The van der Waals surface area contributed by atoms with Gasteiger partial charge in [-0.15, -0.1) is 0 Å². The van der Waals surface area contributed by atoms with Crippen molar-refractivity contribution in [2.45, 2.75) is 32.4 Å². The summed E-state index contributed by atoms with van der Waals surface area (Å²) >= 11 is 6.34. The van der Waals surface area contributed by atoms with E-state index in [9.17, 15) is 14.4 Å². The number of rotatable bonds is 6. The van der Waals surface area contributed by atoms with Crippen molar-refractivity contribution in [1.29, 1.82) is 0 Å². The summed E-state index contributed by atoms with van der Waals surface area (Å²) in [4.78, 5) is 42.2. The van der Waals surface area contributed by atoms with E-state index >= 15 is 0 Å². The van der Waals surface area contributed by atoms with Gasteiger partial charge in [0, 0.05) is 11.6 Å². The number of hydrogen-bond acceptors (Lipinski definition) is 3. The predicted octanol–water partition coefficient (Wildman–Crippen LogP) is 4.55. The van der Waals surface area contributed by atoms with E-state index in [1.807, 2.05) is 67.6 Å². The van der Waals surface area contributed by atoms with Crippen molar-refractivity contribution in [2.24, 2.45) is 0 Å². The summed E-state index contributed by atoms with van der Waals surface area (Å²) in [6, 6.07) is 22.9. The Bertz CT molecular complexity index is 1150. The lowest BCUT2D eigenvalue weighted by atomic mass is 10.1. The van der Waals surface area contributed by atoms with Gasteiger partial charge in [-0.2, -0.15) is 0 Å². The first-order chi connectivity index (χ1) is 15.4. The SMILES string of the molecule is Cc1ccc(N2C(=O)CC(N(Cc3ccccc3Cl)C(=O)Cc3ccccc3)C2=O)cc1. The normalized spacial score (nSPS) is 15.8. The molecule has 3 aromatic carbocycles. The minimum absolute atomic E-state index is 0.0578. The molecule has 0 radical (unpaired) electrons. The lowest BCUT2D eigenvalue weighted by Gasteiger charge is -2.28. The second-order valence-electron chi connectivity index (χ2n) is 7.90. The molecule has 4 rings (SSSR count). The topological polar surface area (TPSA) is 57.7 Å². The summed E-state index contributed by atoms with van der Waals surface area (Å²) < 4.78 is 0. The molecule has 0 aliphatic carbocycles. The molecule has 1 unspecified atom stereocenters. The highest BCUT2D eigenvalue weighted by Crippen LogP contribution is 2.28. The van der Waals surface area contributed by atoms with E-state index < -0.39 is 11.9 Å². The van der Waals surface area contributed by atoms with Crippen LogP contribution in [0.2, 0.25) is 5.02 Å². The maximum atomic E-state index is 13.4. The fourth-order valence-corrected chi connectivity index (χ4v) is 4.07. The Morgan fingerprint density at radius 3 is 2.31 bits per heavy atom. The van der Waals surface area contributed by atoms with Gasteiger partial charge in [0.05, 0.1) is 18.5 Å². The lowest BCUT2D eigenvalue weighted by Crippen LogP contribution is -2.45. The molecule has 3 amide bonds. The number of anilines is 1. The third kappa shape index (κ3) is 4.58. The molecule has 32 heavy (non-hydrogen) atoms. The Morgan fingerprint density at radius 1 is 0.969 bits per heavy atom. The highest BCUT2D eigenvalue weighted by molar-refractivity contribution is 6.31. The van der Waals surface area contributed by atoms with E-state index in [0.29, 0.717) is 10.7 Å². The van der Waals surface area contributed by atoms with Gasteiger partial charge in [0.15, 0.2) is 0 Å². The quantitative estimate of drug-likeness (QED) is 0.522. The van der Waals surface area contributed by atoms with Crippen LogP contribution >= 0.6 is 11.6 Å². The van der Waals surface area contributed by atoms with Gasteiger partial charge in [0.2, 0.25) is 11.8 Å². The number of imide groups is 1. The average Bonchev–Trinajstić information content (AvgIpc) is 3.08. The standard InChI is InChI=1S/C26H23ClN2O3/c1-18-11-13-21(14-12-18)29-25(31)16-23(26(29)32)28(17-20-9-5-6-10-22(20)27)24(30)15-19-7-3-2-4-8-19/h2-14,23H,15-17H2,1H3. The van der Waals surface area contributed by atoms with Gasteiger partial charge in [-0.1, -0.05) is 77.8 Å². The average molecular weight is 447 g/mol. The Morgan fingerprint density at radius 2 is 1.62 bits per heavy atom. The van der Waals surface area contributed by atoms with Gasteiger partial charge in [-0.05, 0) is 36.2 Å². The number of benzene rings is 3. The van der Waals surface area contributed by atoms with Crippen LogP contribution in [0.5, 0.6) is 0 Å². The smallest absolute Gasteiger partial charge is 0.257 e. The lowest BCUT2D eigenvalue weighted by molar-refractivity contribution is -0.138. The fourth-order valence-electron chi connectivity index (χ4n) is 3.88. The van der Waals surface area contributed by atoms with Crippen molar-refractivity contribution in [3.05, 3.63) is 101 Å². The Labute approximate surface area is 192 Å². The summed E-state index contributed by atoms with van der Waals surface area (Å²) in [7, 11) is 0. The molecule has 1 aliphatic heterocycles. The molecule has 6 heteroatoms. The van der Waals surface area contributed by atoms with Crippen LogP contribution in [0, 0.1) is 6.92 Å². The number of carbonyl (C=O) groups is 3. The zero-order valence-electron chi connectivity index (χ0n) is 17.7. The number of aryl methyl sites for hydroxylation is 1. The second-order valence-corrected chi connectivity index (χ2v) is 8.31. The van der Waals surface area contributed by atoms with E-state index in [2.05, 4.69) is 0 Å². The number of nitrogens with zero attached hydrogens (tertiary/aromatic N) is 2. The molecule has 1 heterocycles. The van der Waals surface area contributed by atoms with Crippen LogP contribution in [0.3, 0.4) is 0 Å². The van der Waals surface area contributed by atoms with Crippen LogP contribution < -0.4 is 4.90 Å². The third-order valence-electron chi connectivity index (χ3n) is 5.61. The second kappa shape index (κ2) is 9.37. The first-order valence-electron chi connectivity index (χ1n) is 10.4. The van der Waals surface area contributed by atoms with Gasteiger partial charge in [0.1, 0.15) is 6.04 Å². The van der Waals surface area contributed by atoms with Gasteiger partial charge >= 0.3 is 0 Å². The molecule has 0 spiro atoms. The highest BCUT2D eigenvalue weighted by atomic mass is 35.5. The Hall–Kier alpha value is -3.44. The number of amides is 3. The molecule has 1 aliphatic rings. The Balaban J connectivity index is 1.65. The largest absolute Gasteiger partial charge is 0.325 e. The molecule has 1 fully saturated rings. The summed E-state index contributed by atoms with van der Waals surface area (Å²) in [6.45, 7) is 2.09. The van der Waals surface area contributed by atoms with E-state index in [4.69, 9.17) is 11.6 Å². The van der Waals surface area contributed by atoms with Gasteiger partial charge < -0.3 is 4.90 Å². The van der Waals surface area contributed by atoms with Crippen LogP contribution in [0.25, 0.3) is 0 Å². The van der Waals surface area contributed by atoms with Gasteiger partial charge in [-0.3, -0.25) is 14.4 Å². The van der Waals surface area contributed by atoms with Crippen molar-refractivity contribution >= 4 is 35.0 Å². The van der Waals surface area contributed by atoms with E-state index in [1.165, 1.54) is 9.80 Å². The molecule has 0 saturated carbocycles. The van der Waals surface area contributed by atoms with Crippen LogP contribution in [-0.4, -0.2) is 28.7 Å². The van der Waals surface area contributed by atoms with Crippen molar-refractivity contribution in [2.75, 3.05) is 4.90 Å². The molecule has 1 atom stereocenters. The molecule has 0 bridgehead atoms. The highest BCUT2D eigenvalue weighted by Gasteiger charge is 2.44. The van der Waals surface area contributed by atoms with E-state index in [-0.39, 0.29) is 31.2 Å². The summed E-state index contributed by atoms with van der Waals surface area (Å²) in [5, 5.41) is 0.511. The zero-order valence-corrected chi connectivity index (χ0v) is 18.5. The molecule has 3 aromatic rings. The molecular weight excluding hydrogens is 424 g/mol. The van der Waals surface area contributed by atoms with Crippen LogP contribution in [0.4, 0.5) is 5.69 Å². The van der Waals surface area contributed by atoms with Gasteiger partial charge in [-0.25, -0.2) is 4.90 Å². The Kier molecular flexibility index (Phi) is 6.37. The monoisotopic (exact) mass is 446 g/mol. The van der Waals surface area contributed by atoms with Crippen molar-refractivity contribution in [1.82, 2.24) is 4.90 Å². The maximum absolute atomic E-state index is 13.4. The summed E-state index contributed by atoms with van der Waals surface area (Å²) in [5.41, 5.74) is 3.11. The number of halogens is 1. The molecular formula is C26H23ClN2O3. The van der Waals surface area contributed by atoms with E-state index in [0.717, 1.165) is 16.7 Å². The van der Waals surface area contributed by atoms with E-state index in [1.54, 1.807) is 18.2 Å². The number of hydrogen-bond donors (Lipinski definition) is 0. The van der Waals surface area contributed by atoms with Crippen LogP contribution in [0.1, 0.15) is 23.1 Å². The van der Waals surface area contributed by atoms with Gasteiger partial charge in [0.25, 0.3) is 5.91 Å². The van der Waals surface area contributed by atoms with Crippen molar-refractivity contribution in [3.8, 4) is 0 Å². The zero-order chi connectivity index (χ0) is 22.7. The molecule has 162 valence electrons. The molecule has 1 saturated heterocycles. The first-order valence-corrected chi connectivity index (χ1v) is 10.8. The molecule has 5 nitrogen and oxygen atoms in total. The summed E-state index contributed by atoms with van der Waals surface area (Å²) in [6.07, 6.45) is 0.0749. The fraction of sp³-hybridized carbons (Fsp3) is 0.192. The van der Waals surface area contributed by atoms with Crippen LogP contribution in [-0.2, 0) is 27.3 Å². The molecule has 0 N–H and O–H groups in total. The summed E-state index contributed by atoms with van der Waals surface area (Å²) in [5.74, 6) is -0.944.